The monoisotopic (exact) mass is 384 g/mol. The Morgan fingerprint density at radius 1 is 1.07 bits per heavy atom. The standard InChI is InChI=1S/C22H25ClN2O2/c23-20-12-10-18(11-13-20)22(27)25-15-5-9-19(16-25)21(26)24-14-4-8-17-6-2-1-3-7-17/h1-3,6-7,10-13,19H,4-5,8-9,14-16H2,(H,24,26)/t19-/m1/s1. The van der Waals surface area contributed by atoms with Gasteiger partial charge in [0, 0.05) is 30.2 Å². The molecule has 0 radical (unpaired) electrons. The molecule has 5 heteroatoms. The molecule has 2 amide bonds. The van der Waals surface area contributed by atoms with E-state index >= 15 is 0 Å². The lowest BCUT2D eigenvalue weighted by Gasteiger charge is -2.32. The van der Waals surface area contributed by atoms with Crippen LogP contribution in [0.15, 0.2) is 54.6 Å². The fourth-order valence-corrected chi connectivity index (χ4v) is 3.57. The lowest BCUT2D eigenvalue weighted by Crippen LogP contribution is -2.45. The van der Waals surface area contributed by atoms with Crippen molar-refractivity contribution in [1.82, 2.24) is 10.2 Å². The van der Waals surface area contributed by atoms with Gasteiger partial charge in [0.15, 0.2) is 0 Å². The van der Waals surface area contributed by atoms with Crippen LogP contribution in [0.25, 0.3) is 0 Å². The molecule has 1 atom stereocenters. The van der Waals surface area contributed by atoms with Gasteiger partial charge in [-0.1, -0.05) is 41.9 Å². The molecule has 1 aliphatic rings. The first-order chi connectivity index (χ1) is 13.1. The first-order valence-corrected chi connectivity index (χ1v) is 9.88. The molecule has 3 rings (SSSR count). The maximum atomic E-state index is 12.6. The van der Waals surface area contributed by atoms with Crippen LogP contribution < -0.4 is 5.32 Å². The molecular weight excluding hydrogens is 360 g/mol. The highest BCUT2D eigenvalue weighted by atomic mass is 35.5. The zero-order chi connectivity index (χ0) is 19.1. The zero-order valence-corrected chi connectivity index (χ0v) is 16.1. The number of benzene rings is 2. The number of halogens is 1. The summed E-state index contributed by atoms with van der Waals surface area (Å²) in [5.41, 5.74) is 1.90. The SMILES string of the molecule is O=C(NCCCc1ccccc1)[C@@H]1CCCN(C(=O)c2ccc(Cl)cc2)C1. The second kappa shape index (κ2) is 9.56. The number of amides is 2. The first kappa shape index (κ1) is 19.4. The zero-order valence-electron chi connectivity index (χ0n) is 15.4. The largest absolute Gasteiger partial charge is 0.356 e. The van der Waals surface area contributed by atoms with Gasteiger partial charge in [-0.05, 0) is 55.5 Å². The van der Waals surface area contributed by atoms with Crippen molar-refractivity contribution >= 4 is 23.4 Å². The molecule has 0 aromatic heterocycles. The Bertz CT molecular complexity index is 762. The van der Waals surface area contributed by atoms with Crippen LogP contribution in [-0.4, -0.2) is 36.3 Å². The topological polar surface area (TPSA) is 49.4 Å². The summed E-state index contributed by atoms with van der Waals surface area (Å²) in [4.78, 5) is 26.9. The van der Waals surface area contributed by atoms with E-state index in [0.29, 0.717) is 30.2 Å². The number of hydrogen-bond acceptors (Lipinski definition) is 2. The second-order valence-electron chi connectivity index (χ2n) is 6.98. The molecule has 2 aromatic rings. The summed E-state index contributed by atoms with van der Waals surface area (Å²) in [6.45, 7) is 1.83. The summed E-state index contributed by atoms with van der Waals surface area (Å²) in [6, 6.07) is 17.2. The van der Waals surface area contributed by atoms with E-state index in [0.717, 1.165) is 25.7 Å². The van der Waals surface area contributed by atoms with Crippen LogP contribution in [0.1, 0.15) is 35.2 Å². The number of hydrogen-bond donors (Lipinski definition) is 1. The molecule has 1 N–H and O–H groups in total. The third-order valence-corrected chi connectivity index (χ3v) is 5.21. The van der Waals surface area contributed by atoms with Crippen LogP contribution in [-0.2, 0) is 11.2 Å². The number of carbonyl (C=O) groups excluding carboxylic acids is 2. The molecule has 0 aliphatic carbocycles. The Hall–Kier alpha value is -2.33. The molecule has 1 fully saturated rings. The number of piperidine rings is 1. The molecule has 0 spiro atoms. The van der Waals surface area contributed by atoms with Gasteiger partial charge in [0.2, 0.25) is 5.91 Å². The molecule has 2 aromatic carbocycles. The minimum atomic E-state index is -0.133. The predicted octanol–water partition coefficient (Wildman–Crippen LogP) is 3.94. The Balaban J connectivity index is 1.46. The van der Waals surface area contributed by atoms with Crippen LogP contribution >= 0.6 is 11.6 Å². The summed E-state index contributed by atoms with van der Waals surface area (Å²) in [5, 5.41) is 3.64. The van der Waals surface area contributed by atoms with E-state index in [-0.39, 0.29) is 17.7 Å². The van der Waals surface area contributed by atoms with E-state index in [1.54, 1.807) is 29.2 Å². The molecule has 1 saturated heterocycles. The van der Waals surface area contributed by atoms with Crippen LogP contribution in [0.5, 0.6) is 0 Å². The normalized spacial score (nSPS) is 16.8. The summed E-state index contributed by atoms with van der Waals surface area (Å²) in [5.74, 6) is -0.114. The number of nitrogens with one attached hydrogen (secondary N) is 1. The van der Waals surface area contributed by atoms with Gasteiger partial charge >= 0.3 is 0 Å². The molecule has 0 bridgehead atoms. The van der Waals surface area contributed by atoms with Crippen molar-refractivity contribution in [2.45, 2.75) is 25.7 Å². The third kappa shape index (κ3) is 5.57. The minimum Gasteiger partial charge on any atom is -0.356 e. The van der Waals surface area contributed by atoms with Crippen molar-refractivity contribution in [3.05, 3.63) is 70.7 Å². The van der Waals surface area contributed by atoms with Crippen molar-refractivity contribution in [3.8, 4) is 0 Å². The maximum absolute atomic E-state index is 12.6. The van der Waals surface area contributed by atoms with E-state index in [1.165, 1.54) is 5.56 Å². The van der Waals surface area contributed by atoms with Crippen LogP contribution in [0, 0.1) is 5.92 Å². The second-order valence-corrected chi connectivity index (χ2v) is 7.41. The van der Waals surface area contributed by atoms with Crippen molar-refractivity contribution in [3.63, 3.8) is 0 Å². The van der Waals surface area contributed by atoms with Crippen LogP contribution in [0.2, 0.25) is 5.02 Å². The fourth-order valence-electron chi connectivity index (χ4n) is 3.44. The average molecular weight is 385 g/mol. The van der Waals surface area contributed by atoms with E-state index in [2.05, 4.69) is 17.4 Å². The number of carbonyl (C=O) groups is 2. The van der Waals surface area contributed by atoms with Gasteiger partial charge in [-0.25, -0.2) is 0 Å². The maximum Gasteiger partial charge on any atom is 0.253 e. The summed E-state index contributed by atoms with van der Waals surface area (Å²) < 4.78 is 0. The number of nitrogens with zero attached hydrogens (tertiary/aromatic N) is 1. The van der Waals surface area contributed by atoms with Crippen molar-refractivity contribution in [1.29, 1.82) is 0 Å². The molecule has 142 valence electrons. The van der Waals surface area contributed by atoms with E-state index in [9.17, 15) is 9.59 Å². The number of likely N-dealkylation sites (tertiary alicyclic amines) is 1. The number of rotatable bonds is 6. The summed E-state index contributed by atoms with van der Waals surface area (Å²) in [7, 11) is 0. The van der Waals surface area contributed by atoms with Crippen molar-refractivity contribution < 1.29 is 9.59 Å². The average Bonchev–Trinajstić information content (AvgIpc) is 2.72. The predicted molar refractivity (Wildman–Crippen MR) is 108 cm³/mol. The van der Waals surface area contributed by atoms with E-state index in [1.807, 2.05) is 18.2 Å². The van der Waals surface area contributed by atoms with Gasteiger partial charge in [0.1, 0.15) is 0 Å². The molecule has 0 unspecified atom stereocenters. The Morgan fingerprint density at radius 3 is 2.56 bits per heavy atom. The Kier molecular flexibility index (Phi) is 6.88. The Morgan fingerprint density at radius 2 is 1.81 bits per heavy atom. The summed E-state index contributed by atoms with van der Waals surface area (Å²) >= 11 is 5.89. The molecule has 1 aliphatic heterocycles. The molecular formula is C22H25ClN2O2. The smallest absolute Gasteiger partial charge is 0.253 e. The van der Waals surface area contributed by atoms with Gasteiger partial charge in [-0.15, -0.1) is 0 Å². The van der Waals surface area contributed by atoms with Crippen molar-refractivity contribution in [2.24, 2.45) is 5.92 Å². The molecule has 1 heterocycles. The molecule has 0 saturated carbocycles. The van der Waals surface area contributed by atoms with Gasteiger partial charge in [0.25, 0.3) is 5.91 Å². The van der Waals surface area contributed by atoms with Gasteiger partial charge in [-0.3, -0.25) is 9.59 Å². The lowest BCUT2D eigenvalue weighted by molar-refractivity contribution is -0.126. The highest BCUT2D eigenvalue weighted by Crippen LogP contribution is 2.20. The minimum absolute atomic E-state index is 0.0340. The molecule has 27 heavy (non-hydrogen) atoms. The lowest BCUT2D eigenvalue weighted by atomic mass is 9.96. The highest BCUT2D eigenvalue weighted by Gasteiger charge is 2.28. The van der Waals surface area contributed by atoms with Crippen LogP contribution in [0.4, 0.5) is 0 Å². The van der Waals surface area contributed by atoms with Crippen molar-refractivity contribution in [2.75, 3.05) is 19.6 Å². The highest BCUT2D eigenvalue weighted by molar-refractivity contribution is 6.30. The molecule has 4 nitrogen and oxygen atoms in total. The van der Waals surface area contributed by atoms with E-state index < -0.39 is 0 Å². The quantitative estimate of drug-likeness (QED) is 0.767. The first-order valence-electron chi connectivity index (χ1n) is 9.50. The Labute approximate surface area is 165 Å². The summed E-state index contributed by atoms with van der Waals surface area (Å²) in [6.07, 6.45) is 3.54. The van der Waals surface area contributed by atoms with Crippen LogP contribution in [0.3, 0.4) is 0 Å². The third-order valence-electron chi connectivity index (χ3n) is 4.95. The fraction of sp³-hybridized carbons (Fsp3) is 0.364. The van der Waals surface area contributed by atoms with Gasteiger partial charge in [-0.2, -0.15) is 0 Å². The van der Waals surface area contributed by atoms with Gasteiger partial charge in [0.05, 0.1) is 5.92 Å². The number of aryl methyl sites for hydroxylation is 1. The van der Waals surface area contributed by atoms with E-state index in [4.69, 9.17) is 11.6 Å². The van der Waals surface area contributed by atoms with Gasteiger partial charge < -0.3 is 10.2 Å².